The molecule has 0 spiro atoms. The third-order valence-electron chi connectivity index (χ3n) is 2.19. The largest absolute Gasteiger partial charge is 0.399 e. The molecular weight excluding hydrogens is 248 g/mol. The molecule has 0 aliphatic carbocycles. The second kappa shape index (κ2) is 9.75. The predicted octanol–water partition coefficient (Wildman–Crippen LogP) is -0.809. The van der Waals surface area contributed by atoms with Crippen LogP contribution in [0.25, 0.3) is 0 Å². The normalized spacial score (nSPS) is 17.4. The second-order valence-corrected chi connectivity index (χ2v) is 4.82. The minimum atomic E-state index is -3.66. The van der Waals surface area contributed by atoms with Gasteiger partial charge in [0, 0.05) is 13.1 Å². The Balaban J connectivity index is 0.000000325. The number of nitrogens with zero attached hydrogens (tertiary/aromatic N) is 1. The topological polar surface area (TPSA) is 91.1 Å². The highest BCUT2D eigenvalue weighted by Gasteiger charge is 2.08. The molecule has 1 rings (SSSR count). The van der Waals surface area contributed by atoms with Crippen LogP contribution in [0.1, 0.15) is 6.42 Å². The van der Waals surface area contributed by atoms with E-state index in [4.69, 9.17) is 10.5 Å². The Bertz CT molecular complexity index is 255. The quantitative estimate of drug-likeness (QED) is 0.698. The third kappa shape index (κ3) is 9.45. The van der Waals surface area contributed by atoms with Gasteiger partial charge in [-0.3, -0.25) is 13.3 Å². The van der Waals surface area contributed by atoms with Crippen LogP contribution in [0.3, 0.4) is 0 Å². The lowest BCUT2D eigenvalue weighted by molar-refractivity contribution is 0.0377. The van der Waals surface area contributed by atoms with Crippen LogP contribution in [-0.2, 0) is 23.5 Å². The Morgan fingerprint density at radius 2 is 1.76 bits per heavy atom. The van der Waals surface area contributed by atoms with E-state index < -0.39 is 10.4 Å². The highest BCUT2D eigenvalue weighted by molar-refractivity contribution is 7.81. The average Bonchev–Trinajstić information content (AvgIpc) is 2.38. The molecule has 1 aliphatic heterocycles. The fourth-order valence-corrected chi connectivity index (χ4v) is 1.34. The van der Waals surface area contributed by atoms with Gasteiger partial charge in [0.1, 0.15) is 0 Å². The van der Waals surface area contributed by atoms with Crippen molar-refractivity contribution in [2.24, 2.45) is 5.73 Å². The summed E-state index contributed by atoms with van der Waals surface area (Å²) in [6, 6.07) is 0. The Morgan fingerprint density at radius 1 is 1.24 bits per heavy atom. The summed E-state index contributed by atoms with van der Waals surface area (Å²) in [6.07, 6.45) is 1.11. The molecular formula is C9H22N2O5S. The van der Waals surface area contributed by atoms with E-state index in [-0.39, 0.29) is 0 Å². The van der Waals surface area contributed by atoms with E-state index >= 15 is 0 Å². The van der Waals surface area contributed by atoms with Gasteiger partial charge in [-0.1, -0.05) is 0 Å². The highest BCUT2D eigenvalue weighted by atomic mass is 32.3. The summed E-state index contributed by atoms with van der Waals surface area (Å²) >= 11 is 0. The zero-order chi connectivity index (χ0) is 13.1. The van der Waals surface area contributed by atoms with E-state index in [0.29, 0.717) is 0 Å². The van der Waals surface area contributed by atoms with Gasteiger partial charge in [0.2, 0.25) is 0 Å². The van der Waals surface area contributed by atoms with Gasteiger partial charge in [-0.15, -0.1) is 0 Å². The Labute approximate surface area is 103 Å². The molecule has 0 unspecified atom stereocenters. The maximum atomic E-state index is 9.92. The number of ether oxygens (including phenoxy) is 1. The maximum absolute atomic E-state index is 9.92. The fraction of sp³-hybridized carbons (Fsp3) is 1.00. The lowest BCUT2D eigenvalue weighted by Gasteiger charge is -2.26. The zero-order valence-electron chi connectivity index (χ0n) is 10.4. The first-order valence-corrected chi connectivity index (χ1v) is 6.75. The van der Waals surface area contributed by atoms with E-state index in [1.807, 2.05) is 0 Å². The van der Waals surface area contributed by atoms with Crippen LogP contribution in [0.5, 0.6) is 0 Å². The van der Waals surface area contributed by atoms with Crippen molar-refractivity contribution in [2.45, 2.75) is 6.42 Å². The first kappa shape index (κ1) is 16.8. The van der Waals surface area contributed by atoms with Crippen LogP contribution in [0.4, 0.5) is 0 Å². The van der Waals surface area contributed by atoms with Crippen molar-refractivity contribution in [3.63, 3.8) is 0 Å². The summed E-state index contributed by atoms with van der Waals surface area (Å²) in [5.41, 5.74) is 5.39. The molecule has 0 aromatic carbocycles. The van der Waals surface area contributed by atoms with Crippen molar-refractivity contribution in [3.8, 4) is 0 Å². The molecule has 0 aromatic rings. The monoisotopic (exact) mass is 270 g/mol. The van der Waals surface area contributed by atoms with Crippen molar-refractivity contribution in [1.82, 2.24) is 4.90 Å². The summed E-state index contributed by atoms with van der Waals surface area (Å²) < 4.78 is 32.7. The first-order chi connectivity index (χ1) is 8.05. The van der Waals surface area contributed by atoms with Crippen LogP contribution in [0, 0.1) is 0 Å². The van der Waals surface area contributed by atoms with Crippen LogP contribution in [-0.4, -0.2) is 66.9 Å². The van der Waals surface area contributed by atoms with Crippen LogP contribution >= 0.6 is 0 Å². The molecule has 0 amide bonds. The summed E-state index contributed by atoms with van der Waals surface area (Å²) in [4.78, 5) is 2.40. The maximum Gasteiger partial charge on any atom is 0.399 e. The summed E-state index contributed by atoms with van der Waals surface area (Å²) in [5, 5.41) is 0. The highest BCUT2D eigenvalue weighted by Crippen LogP contribution is 1.96. The van der Waals surface area contributed by atoms with Gasteiger partial charge in [-0.25, -0.2) is 0 Å². The molecule has 17 heavy (non-hydrogen) atoms. The molecule has 104 valence electrons. The number of hydrogen-bond acceptors (Lipinski definition) is 7. The third-order valence-corrected chi connectivity index (χ3v) is 3.01. The van der Waals surface area contributed by atoms with Crippen LogP contribution in [0.2, 0.25) is 0 Å². The Hall–Kier alpha value is -0.250. The van der Waals surface area contributed by atoms with E-state index in [9.17, 15) is 8.42 Å². The smallest absolute Gasteiger partial charge is 0.379 e. The summed E-state index contributed by atoms with van der Waals surface area (Å²) in [6.45, 7) is 5.90. The molecule has 0 aromatic heterocycles. The van der Waals surface area contributed by atoms with Crippen molar-refractivity contribution in [3.05, 3.63) is 0 Å². The molecule has 8 heteroatoms. The number of morpholine rings is 1. The van der Waals surface area contributed by atoms with Crippen molar-refractivity contribution in [2.75, 3.05) is 53.6 Å². The molecule has 0 atom stereocenters. The van der Waals surface area contributed by atoms with E-state index in [1.165, 1.54) is 0 Å². The molecule has 1 aliphatic rings. The van der Waals surface area contributed by atoms with Crippen LogP contribution < -0.4 is 5.73 Å². The van der Waals surface area contributed by atoms with Crippen molar-refractivity contribution < 1.29 is 21.5 Å². The molecule has 1 fully saturated rings. The van der Waals surface area contributed by atoms with Crippen molar-refractivity contribution >= 4 is 10.4 Å². The molecule has 0 radical (unpaired) electrons. The van der Waals surface area contributed by atoms with Crippen molar-refractivity contribution in [1.29, 1.82) is 0 Å². The van der Waals surface area contributed by atoms with Gasteiger partial charge in [0.05, 0.1) is 27.4 Å². The average molecular weight is 270 g/mol. The molecule has 0 saturated carbocycles. The van der Waals surface area contributed by atoms with Gasteiger partial charge < -0.3 is 10.5 Å². The lowest BCUT2D eigenvalue weighted by Crippen LogP contribution is -2.37. The number of rotatable bonds is 5. The molecule has 1 heterocycles. The minimum absolute atomic E-state index is 0.803. The summed E-state index contributed by atoms with van der Waals surface area (Å²) in [7, 11) is -1.60. The lowest BCUT2D eigenvalue weighted by atomic mass is 10.3. The minimum Gasteiger partial charge on any atom is -0.379 e. The van der Waals surface area contributed by atoms with Gasteiger partial charge in [-0.05, 0) is 19.5 Å². The first-order valence-electron chi connectivity index (χ1n) is 5.42. The Morgan fingerprint density at radius 3 is 2.12 bits per heavy atom. The molecule has 0 bridgehead atoms. The van der Waals surface area contributed by atoms with Crippen LogP contribution in [0.15, 0.2) is 0 Å². The van der Waals surface area contributed by atoms with E-state index in [0.717, 1.165) is 60.0 Å². The molecule has 2 N–H and O–H groups in total. The van der Waals surface area contributed by atoms with Gasteiger partial charge in [-0.2, -0.15) is 8.42 Å². The molecule has 7 nitrogen and oxygen atoms in total. The summed E-state index contributed by atoms with van der Waals surface area (Å²) in [5.74, 6) is 0. The van der Waals surface area contributed by atoms with E-state index in [2.05, 4.69) is 13.3 Å². The second-order valence-electron chi connectivity index (χ2n) is 3.34. The number of nitrogens with two attached hydrogens (primary N) is 1. The SMILES string of the molecule is COS(=O)(=O)OC.NCCCN1CCOCC1. The number of hydrogen-bond donors (Lipinski definition) is 1. The molecule has 1 saturated heterocycles. The zero-order valence-corrected chi connectivity index (χ0v) is 11.2. The Kier molecular flexibility index (Phi) is 9.60. The van der Waals surface area contributed by atoms with E-state index in [1.54, 1.807) is 0 Å². The van der Waals surface area contributed by atoms with Gasteiger partial charge in [0.15, 0.2) is 0 Å². The fourth-order valence-electron chi connectivity index (χ4n) is 1.21. The predicted molar refractivity (Wildman–Crippen MR) is 63.9 cm³/mol. The standard InChI is InChI=1S/C7H16N2O.C2H6O4S/c8-2-1-3-9-4-6-10-7-5-9;1-5-7(3,4)6-2/h1-8H2;1-2H3. The van der Waals surface area contributed by atoms with Gasteiger partial charge >= 0.3 is 10.4 Å². The van der Waals surface area contributed by atoms with Gasteiger partial charge in [0.25, 0.3) is 0 Å².